The van der Waals surface area contributed by atoms with Gasteiger partial charge in [-0.25, -0.2) is 9.37 Å². The average Bonchev–Trinajstić information content (AvgIpc) is 3.37. The molecular weight excluding hydrogens is 436 g/mol. The van der Waals surface area contributed by atoms with Crippen molar-refractivity contribution >= 4 is 40.1 Å². The molecule has 0 radical (unpaired) electrons. The van der Waals surface area contributed by atoms with Crippen LogP contribution in [0.2, 0.25) is 10.0 Å². The Kier molecular flexibility index (Phi) is 6.83. The lowest BCUT2D eigenvalue weighted by Crippen LogP contribution is -2.33. The maximum Gasteiger partial charge on any atom is 0.255 e. The fourth-order valence-corrected chi connectivity index (χ4v) is 4.90. The average molecular weight is 462 g/mol. The fraction of sp³-hybridized carbons (Fsp3) is 0.417. The third-order valence-corrected chi connectivity index (χ3v) is 6.52. The number of halogens is 3. The summed E-state index contributed by atoms with van der Waals surface area (Å²) >= 11 is 12.3. The standard InChI is InChI=1S/C24H26Cl2FN3O/c1-2-3-12-29(24(31)19-10-8-16(25)13-20(19)26)15-23-28-21-14-17(27)9-11-22(21)30(23)18-6-4-5-7-18/h8-11,13-14,18H,2-7,12,15H2,1H3. The van der Waals surface area contributed by atoms with Gasteiger partial charge >= 0.3 is 0 Å². The van der Waals surface area contributed by atoms with E-state index in [0.717, 1.165) is 37.0 Å². The lowest BCUT2D eigenvalue weighted by molar-refractivity contribution is 0.0734. The topological polar surface area (TPSA) is 38.1 Å². The van der Waals surface area contributed by atoms with E-state index in [4.69, 9.17) is 28.2 Å². The predicted octanol–water partition coefficient (Wildman–Crippen LogP) is 7.04. The van der Waals surface area contributed by atoms with Gasteiger partial charge in [0.25, 0.3) is 5.91 Å². The van der Waals surface area contributed by atoms with Crippen molar-refractivity contribution in [1.29, 1.82) is 0 Å². The number of hydrogen-bond acceptors (Lipinski definition) is 2. The number of amides is 1. The summed E-state index contributed by atoms with van der Waals surface area (Å²) in [5.41, 5.74) is 1.99. The van der Waals surface area contributed by atoms with Gasteiger partial charge in [0, 0.05) is 23.7 Å². The van der Waals surface area contributed by atoms with Crippen LogP contribution in [0.1, 0.15) is 67.7 Å². The first-order valence-corrected chi connectivity index (χ1v) is 11.6. The molecule has 0 spiro atoms. The van der Waals surface area contributed by atoms with E-state index < -0.39 is 0 Å². The van der Waals surface area contributed by atoms with Gasteiger partial charge in [-0.15, -0.1) is 0 Å². The highest BCUT2D eigenvalue weighted by atomic mass is 35.5. The van der Waals surface area contributed by atoms with Crippen molar-refractivity contribution in [3.8, 4) is 0 Å². The predicted molar refractivity (Wildman–Crippen MR) is 123 cm³/mol. The summed E-state index contributed by atoms with van der Waals surface area (Å²) in [7, 11) is 0. The van der Waals surface area contributed by atoms with Gasteiger partial charge in [0.1, 0.15) is 11.6 Å². The van der Waals surface area contributed by atoms with Crippen LogP contribution in [-0.4, -0.2) is 26.9 Å². The maximum atomic E-state index is 13.9. The summed E-state index contributed by atoms with van der Waals surface area (Å²) in [6, 6.07) is 10.0. The van der Waals surface area contributed by atoms with E-state index in [2.05, 4.69) is 11.5 Å². The number of fused-ring (bicyclic) bond motifs is 1. The second-order valence-corrected chi connectivity index (χ2v) is 9.02. The second kappa shape index (κ2) is 9.58. The molecule has 164 valence electrons. The van der Waals surface area contributed by atoms with Crippen LogP contribution in [0.25, 0.3) is 11.0 Å². The van der Waals surface area contributed by atoms with E-state index in [1.165, 1.54) is 25.0 Å². The molecule has 1 fully saturated rings. The first-order chi connectivity index (χ1) is 15.0. The highest BCUT2D eigenvalue weighted by molar-refractivity contribution is 6.36. The molecule has 31 heavy (non-hydrogen) atoms. The number of benzene rings is 2. The maximum absolute atomic E-state index is 13.9. The van der Waals surface area contributed by atoms with Crippen molar-refractivity contribution in [1.82, 2.24) is 14.5 Å². The molecule has 1 aliphatic rings. The van der Waals surface area contributed by atoms with Crippen molar-refractivity contribution in [2.24, 2.45) is 0 Å². The Morgan fingerprint density at radius 1 is 1.19 bits per heavy atom. The van der Waals surface area contributed by atoms with E-state index in [1.807, 2.05) is 0 Å². The van der Waals surface area contributed by atoms with Gasteiger partial charge in [-0.1, -0.05) is 49.4 Å². The Bertz CT molecular complexity index is 1090. The Morgan fingerprint density at radius 3 is 2.68 bits per heavy atom. The van der Waals surface area contributed by atoms with Crippen LogP contribution < -0.4 is 0 Å². The third kappa shape index (κ3) is 4.73. The molecule has 1 heterocycles. The van der Waals surface area contributed by atoms with Crippen molar-refractivity contribution < 1.29 is 9.18 Å². The molecule has 0 N–H and O–H groups in total. The number of nitrogens with zero attached hydrogens (tertiary/aromatic N) is 3. The minimum Gasteiger partial charge on any atom is -0.331 e. The largest absolute Gasteiger partial charge is 0.331 e. The lowest BCUT2D eigenvalue weighted by Gasteiger charge is -2.25. The molecule has 0 saturated heterocycles. The first-order valence-electron chi connectivity index (χ1n) is 10.9. The van der Waals surface area contributed by atoms with E-state index >= 15 is 0 Å². The number of unbranched alkanes of at least 4 members (excludes halogenated alkanes) is 1. The van der Waals surface area contributed by atoms with E-state index in [1.54, 1.807) is 29.2 Å². The molecule has 1 aromatic heterocycles. The number of rotatable bonds is 7. The summed E-state index contributed by atoms with van der Waals surface area (Å²) < 4.78 is 16.1. The van der Waals surface area contributed by atoms with E-state index in [0.29, 0.717) is 40.3 Å². The molecule has 0 atom stereocenters. The van der Waals surface area contributed by atoms with Crippen molar-refractivity contribution in [2.75, 3.05) is 6.54 Å². The van der Waals surface area contributed by atoms with Crippen LogP contribution >= 0.6 is 23.2 Å². The molecule has 1 aliphatic carbocycles. The van der Waals surface area contributed by atoms with Crippen molar-refractivity contribution in [2.45, 2.75) is 58.0 Å². The van der Waals surface area contributed by atoms with Crippen LogP contribution in [0, 0.1) is 5.82 Å². The molecule has 2 aromatic carbocycles. The quantitative estimate of drug-likeness (QED) is 0.378. The fourth-order valence-electron chi connectivity index (χ4n) is 4.41. The highest BCUT2D eigenvalue weighted by Crippen LogP contribution is 2.34. The molecule has 3 aromatic rings. The summed E-state index contributed by atoms with van der Waals surface area (Å²) in [4.78, 5) is 19.9. The smallest absolute Gasteiger partial charge is 0.255 e. The molecule has 4 nitrogen and oxygen atoms in total. The number of aromatic nitrogens is 2. The van der Waals surface area contributed by atoms with Gasteiger partial charge in [-0.3, -0.25) is 4.79 Å². The van der Waals surface area contributed by atoms with Gasteiger partial charge < -0.3 is 9.47 Å². The molecular formula is C24H26Cl2FN3O. The van der Waals surface area contributed by atoms with Crippen LogP contribution in [-0.2, 0) is 6.54 Å². The zero-order valence-electron chi connectivity index (χ0n) is 17.6. The molecule has 7 heteroatoms. The summed E-state index contributed by atoms with van der Waals surface area (Å²) in [6.07, 6.45) is 6.31. The Hall–Kier alpha value is -2.11. The van der Waals surface area contributed by atoms with Gasteiger partial charge in [0.2, 0.25) is 0 Å². The summed E-state index contributed by atoms with van der Waals surface area (Å²) in [5.74, 6) is 0.343. The molecule has 0 unspecified atom stereocenters. The molecule has 1 amide bonds. The highest BCUT2D eigenvalue weighted by Gasteiger charge is 2.26. The third-order valence-electron chi connectivity index (χ3n) is 5.98. The van der Waals surface area contributed by atoms with Crippen LogP contribution in [0.4, 0.5) is 4.39 Å². The number of carbonyl (C=O) groups excluding carboxylic acids is 1. The van der Waals surface area contributed by atoms with Crippen molar-refractivity contribution in [3.05, 3.63) is 63.6 Å². The van der Waals surface area contributed by atoms with E-state index in [9.17, 15) is 9.18 Å². The Balaban J connectivity index is 1.72. The molecule has 4 rings (SSSR count). The minimum atomic E-state index is -0.304. The van der Waals surface area contributed by atoms with Gasteiger partial charge in [-0.2, -0.15) is 0 Å². The minimum absolute atomic E-state index is 0.147. The summed E-state index contributed by atoms with van der Waals surface area (Å²) in [6.45, 7) is 3.04. The zero-order valence-corrected chi connectivity index (χ0v) is 19.1. The Labute approximate surface area is 192 Å². The van der Waals surface area contributed by atoms with Crippen LogP contribution in [0.3, 0.4) is 0 Å². The van der Waals surface area contributed by atoms with Crippen LogP contribution in [0.15, 0.2) is 36.4 Å². The molecule has 1 saturated carbocycles. The number of hydrogen-bond donors (Lipinski definition) is 0. The van der Waals surface area contributed by atoms with Crippen LogP contribution in [0.5, 0.6) is 0 Å². The first kappa shape index (κ1) is 22.1. The molecule has 0 bridgehead atoms. The Morgan fingerprint density at radius 2 is 1.97 bits per heavy atom. The van der Waals surface area contributed by atoms with Gasteiger partial charge in [-0.05, 0) is 49.6 Å². The van der Waals surface area contributed by atoms with Gasteiger partial charge in [0.05, 0.1) is 28.2 Å². The van der Waals surface area contributed by atoms with Crippen molar-refractivity contribution in [3.63, 3.8) is 0 Å². The monoisotopic (exact) mass is 461 g/mol. The van der Waals surface area contributed by atoms with Gasteiger partial charge in [0.15, 0.2) is 0 Å². The zero-order chi connectivity index (χ0) is 22.0. The molecule has 0 aliphatic heterocycles. The SMILES string of the molecule is CCCCN(Cc1nc2cc(F)ccc2n1C1CCCC1)C(=O)c1ccc(Cl)cc1Cl. The normalized spacial score (nSPS) is 14.5. The number of imidazole rings is 1. The second-order valence-electron chi connectivity index (χ2n) is 8.17. The van der Waals surface area contributed by atoms with E-state index in [-0.39, 0.29) is 11.7 Å². The lowest BCUT2D eigenvalue weighted by atomic mass is 10.1. The number of carbonyl (C=O) groups is 1. The summed E-state index contributed by atoms with van der Waals surface area (Å²) in [5, 5.41) is 0.831.